The second-order valence-electron chi connectivity index (χ2n) is 20.3. The van der Waals surface area contributed by atoms with Crippen LogP contribution in [-0.2, 0) is 0 Å². The van der Waals surface area contributed by atoms with Crippen molar-refractivity contribution in [3.05, 3.63) is 179 Å². The van der Waals surface area contributed by atoms with Gasteiger partial charge in [0.25, 0.3) is 0 Å². The Kier molecular flexibility index (Phi) is 6.31. The Labute approximate surface area is 381 Å². The van der Waals surface area contributed by atoms with E-state index in [1.807, 2.05) is 0 Å². The monoisotopic (exact) mass is 834 g/mol. The molecule has 0 bridgehead atoms. The van der Waals surface area contributed by atoms with E-state index in [2.05, 4.69) is 187 Å². The normalized spacial score (nSPS) is 13.0. The van der Waals surface area contributed by atoms with Gasteiger partial charge in [-0.25, -0.2) is 0 Å². The third kappa shape index (κ3) is 4.07. The zero-order valence-electron chi connectivity index (χ0n) is 37.9. The second-order valence-corrected chi connectivity index (χ2v) is 20.3. The van der Waals surface area contributed by atoms with Crippen LogP contribution >= 0.6 is 0 Å². The lowest BCUT2D eigenvalue weighted by molar-refractivity contribution is 1.47. The van der Waals surface area contributed by atoms with E-state index in [1.165, 1.54) is 196 Å². The Balaban J connectivity index is 1.30. The molecule has 0 aromatic heterocycles. The van der Waals surface area contributed by atoms with Crippen molar-refractivity contribution in [3.63, 3.8) is 0 Å². The molecule has 0 saturated heterocycles. The van der Waals surface area contributed by atoms with E-state index in [0.717, 1.165) is 0 Å². The molecule has 16 aromatic rings. The third-order valence-electron chi connectivity index (χ3n) is 16.3. The van der Waals surface area contributed by atoms with Gasteiger partial charge in [0.2, 0.25) is 0 Å². The molecule has 16 rings (SSSR count). The van der Waals surface area contributed by atoms with Gasteiger partial charge in [0.15, 0.2) is 0 Å². The lowest BCUT2D eigenvalue weighted by Crippen LogP contribution is -1.89. The maximum atomic E-state index is 2.64. The van der Waals surface area contributed by atoms with Crippen molar-refractivity contribution in [1.29, 1.82) is 0 Å². The summed E-state index contributed by atoms with van der Waals surface area (Å²) in [4.78, 5) is 0. The van der Waals surface area contributed by atoms with E-state index < -0.39 is 0 Å². The molecule has 0 unspecified atom stereocenters. The van der Waals surface area contributed by atoms with Crippen LogP contribution < -0.4 is 0 Å². The number of rotatable bonds is 3. The van der Waals surface area contributed by atoms with E-state index in [9.17, 15) is 0 Å². The fourth-order valence-corrected chi connectivity index (χ4v) is 13.5. The standard InChI is InChI=1S/C66H42/c1-31-7-16-37(17-8-31)52-40-22-13-34(4)25-43(40)46-29-50-59-54(39-20-11-33(3)12-21-39)42-24-15-36(6)27-45(42)48-30-51-60-53(38-18-9-32(2)10-19-38)41-23-14-35(5)26-44(41)47-28-49-58(52)55(46)64-61(49)65(56(47)60)63(51)66(57(48)59)62(50)64/h7-30H,1-6H3. The number of hydrogen-bond acceptors (Lipinski definition) is 0. The Morgan fingerprint density at radius 3 is 0.682 bits per heavy atom. The summed E-state index contributed by atoms with van der Waals surface area (Å²) in [6, 6.07) is 57.6. The first-order chi connectivity index (χ1) is 32.2. The molecule has 0 aliphatic rings. The minimum Gasteiger partial charge on any atom is -0.0587 e. The highest BCUT2D eigenvalue weighted by Gasteiger charge is 2.35. The summed E-state index contributed by atoms with van der Waals surface area (Å²) >= 11 is 0. The lowest BCUT2D eigenvalue weighted by atomic mass is 9.87. The van der Waals surface area contributed by atoms with E-state index >= 15 is 0 Å². The molecule has 0 saturated carbocycles. The van der Waals surface area contributed by atoms with Gasteiger partial charge < -0.3 is 0 Å². The zero-order chi connectivity index (χ0) is 43.8. The summed E-state index contributed by atoms with van der Waals surface area (Å²) in [7, 11) is 0. The van der Waals surface area contributed by atoms with Gasteiger partial charge in [0.1, 0.15) is 0 Å². The summed E-state index contributed by atoms with van der Waals surface area (Å²) in [6.07, 6.45) is 0. The first-order valence-corrected chi connectivity index (χ1v) is 23.7. The maximum absolute atomic E-state index is 2.64. The second kappa shape index (κ2) is 11.7. The van der Waals surface area contributed by atoms with Crippen LogP contribution in [0.1, 0.15) is 33.4 Å². The Morgan fingerprint density at radius 2 is 0.409 bits per heavy atom. The molecule has 0 fully saturated rings. The van der Waals surface area contributed by atoms with Crippen molar-refractivity contribution in [2.45, 2.75) is 41.5 Å². The average Bonchev–Trinajstić information content (AvgIpc) is 3.96. The highest BCUT2D eigenvalue weighted by atomic mass is 14.4. The molecule has 0 N–H and O–H groups in total. The molecule has 66 heavy (non-hydrogen) atoms. The van der Waals surface area contributed by atoms with E-state index in [-0.39, 0.29) is 0 Å². The van der Waals surface area contributed by atoms with Crippen LogP contribution in [0.4, 0.5) is 0 Å². The summed E-state index contributed by atoms with van der Waals surface area (Å²) in [5.41, 5.74) is 15.6. The molecule has 0 spiro atoms. The quantitative estimate of drug-likeness (QED) is 0.156. The van der Waals surface area contributed by atoms with E-state index in [1.54, 1.807) is 0 Å². The van der Waals surface area contributed by atoms with Gasteiger partial charge in [-0.1, -0.05) is 161 Å². The molecule has 0 nitrogen and oxygen atoms in total. The highest BCUT2D eigenvalue weighted by Crippen LogP contribution is 2.64. The highest BCUT2D eigenvalue weighted by molar-refractivity contribution is 6.62. The van der Waals surface area contributed by atoms with Crippen molar-refractivity contribution in [2.75, 3.05) is 0 Å². The number of hydrogen-bond donors (Lipinski definition) is 0. The predicted octanol–water partition coefficient (Wildman–Crippen LogP) is 19.0. The summed E-state index contributed by atoms with van der Waals surface area (Å²) in [6.45, 7) is 13.4. The van der Waals surface area contributed by atoms with Crippen molar-refractivity contribution >= 4 is 129 Å². The molecule has 0 heterocycles. The molecular weight excluding hydrogens is 793 g/mol. The van der Waals surface area contributed by atoms with Crippen LogP contribution in [-0.4, -0.2) is 0 Å². The van der Waals surface area contributed by atoms with Crippen molar-refractivity contribution in [3.8, 4) is 33.4 Å². The van der Waals surface area contributed by atoms with Crippen LogP contribution in [0.2, 0.25) is 0 Å². The van der Waals surface area contributed by atoms with E-state index in [4.69, 9.17) is 0 Å². The fraction of sp³-hybridized carbons (Fsp3) is 0.0909. The number of benzene rings is 13. The van der Waals surface area contributed by atoms with Gasteiger partial charge in [0, 0.05) is 0 Å². The molecule has 0 atom stereocenters. The average molecular weight is 835 g/mol. The summed E-state index contributed by atoms with van der Waals surface area (Å²) in [5.74, 6) is 0. The van der Waals surface area contributed by atoms with Crippen LogP contribution in [0, 0.1) is 41.5 Å². The zero-order valence-corrected chi connectivity index (χ0v) is 37.9. The lowest BCUT2D eigenvalue weighted by Gasteiger charge is -2.16. The molecule has 0 amide bonds. The Hall–Kier alpha value is -7.80. The molecule has 0 aliphatic carbocycles. The molecule has 306 valence electrons. The van der Waals surface area contributed by atoms with Gasteiger partial charge in [-0.3, -0.25) is 0 Å². The van der Waals surface area contributed by atoms with Gasteiger partial charge >= 0.3 is 0 Å². The Morgan fingerprint density at radius 1 is 0.167 bits per heavy atom. The van der Waals surface area contributed by atoms with Crippen molar-refractivity contribution < 1.29 is 0 Å². The molecule has 0 aliphatic heterocycles. The first-order valence-electron chi connectivity index (χ1n) is 23.7. The van der Waals surface area contributed by atoms with Gasteiger partial charge in [-0.05, 0) is 222 Å². The fourth-order valence-electron chi connectivity index (χ4n) is 13.5. The van der Waals surface area contributed by atoms with Crippen molar-refractivity contribution in [2.24, 2.45) is 0 Å². The van der Waals surface area contributed by atoms with Gasteiger partial charge in [-0.2, -0.15) is 0 Å². The predicted molar refractivity (Wildman–Crippen MR) is 288 cm³/mol. The number of fused-ring (bicyclic) bond motifs is 9. The largest absolute Gasteiger partial charge is 0.0587 e. The molecule has 0 radical (unpaired) electrons. The van der Waals surface area contributed by atoms with Gasteiger partial charge in [0.05, 0.1) is 0 Å². The van der Waals surface area contributed by atoms with Crippen LogP contribution in [0.5, 0.6) is 0 Å². The SMILES string of the molecule is Cc1ccc(-c2c3ccc(C)cc3c3cc4c5c(-c6ccc(C)cc6)c6ccc(C)cc6c6cc7c8c(-c9ccc(C)cc9)c9ccc(C)cc9c9cc%10c2c3c2c4c(c65)c7c(c98)c%102)cc1. The topological polar surface area (TPSA) is 0 Å². The minimum absolute atomic E-state index is 1.28. The minimum atomic E-state index is 1.28. The van der Waals surface area contributed by atoms with Gasteiger partial charge in [-0.15, -0.1) is 0 Å². The maximum Gasteiger partial charge on any atom is -0.0000677 e. The smallest absolute Gasteiger partial charge is 0.0000677 e. The molecule has 16 aromatic carbocycles. The van der Waals surface area contributed by atoms with E-state index in [0.29, 0.717) is 0 Å². The number of aryl methyl sites for hydroxylation is 6. The van der Waals surface area contributed by atoms with Crippen LogP contribution in [0.3, 0.4) is 0 Å². The third-order valence-corrected chi connectivity index (χ3v) is 16.3. The summed E-state index contributed by atoms with van der Waals surface area (Å²) < 4.78 is 0. The molecule has 0 heteroatoms. The summed E-state index contributed by atoms with van der Waals surface area (Å²) in [5, 5.41) is 33.4. The molecular formula is C66H42. The Bertz CT molecular complexity index is 4220. The first kappa shape index (κ1) is 35.5. The van der Waals surface area contributed by atoms with Crippen LogP contribution in [0.15, 0.2) is 146 Å². The van der Waals surface area contributed by atoms with Crippen molar-refractivity contribution in [1.82, 2.24) is 0 Å². The van der Waals surface area contributed by atoms with Crippen LogP contribution in [0.25, 0.3) is 163 Å².